The van der Waals surface area contributed by atoms with Gasteiger partial charge in [0.15, 0.2) is 0 Å². The number of nitrogens with zero attached hydrogens (tertiary/aromatic N) is 3. The first-order valence-electron chi connectivity index (χ1n) is 8.86. The van der Waals surface area contributed by atoms with E-state index in [0.717, 1.165) is 19.4 Å². The number of rotatable bonds is 6. The number of benzene rings is 1. The Labute approximate surface area is 156 Å². The van der Waals surface area contributed by atoms with E-state index in [1.165, 1.54) is 36.4 Å². The number of ether oxygens (including phenoxy) is 2. The SMILES string of the molecule is COC(=O)CC1=NN(c2ccc(F)cc2)C(=O)C1C(C)=NC[C@@H]1CCCO1. The fraction of sp³-hybridized carbons (Fsp3) is 0.474. The summed E-state index contributed by atoms with van der Waals surface area (Å²) in [5.74, 6) is -1.96. The van der Waals surface area contributed by atoms with Crippen LogP contribution in [0, 0.1) is 11.7 Å². The third-order valence-corrected chi connectivity index (χ3v) is 4.63. The summed E-state index contributed by atoms with van der Waals surface area (Å²) in [6.45, 7) is 2.95. The van der Waals surface area contributed by atoms with Gasteiger partial charge in [-0.15, -0.1) is 0 Å². The highest BCUT2D eigenvalue weighted by Gasteiger charge is 2.39. The van der Waals surface area contributed by atoms with E-state index in [-0.39, 0.29) is 18.4 Å². The lowest BCUT2D eigenvalue weighted by Crippen LogP contribution is -2.33. The third-order valence-electron chi connectivity index (χ3n) is 4.63. The highest BCUT2D eigenvalue weighted by molar-refractivity contribution is 6.30. The van der Waals surface area contributed by atoms with Crippen molar-refractivity contribution in [1.29, 1.82) is 0 Å². The second kappa shape index (κ2) is 8.39. The standard InChI is InChI=1S/C19H22FN3O4/c1-12(21-11-15-4-3-9-27-15)18-16(10-17(24)26-2)22-23(19(18)25)14-7-5-13(20)6-8-14/h5-8,15,18H,3-4,9-11H2,1-2H3/t15-,18?/m0/s1. The molecule has 0 N–H and O–H groups in total. The molecule has 1 amide bonds. The molecule has 0 aromatic heterocycles. The number of hydrogen-bond acceptors (Lipinski definition) is 6. The number of esters is 1. The molecule has 1 aromatic rings. The molecule has 0 bridgehead atoms. The Bertz CT molecular complexity index is 770. The first-order valence-corrected chi connectivity index (χ1v) is 8.86. The maximum absolute atomic E-state index is 13.2. The van der Waals surface area contributed by atoms with E-state index in [1.54, 1.807) is 6.92 Å². The molecule has 1 saturated heterocycles. The largest absolute Gasteiger partial charge is 0.469 e. The van der Waals surface area contributed by atoms with Crippen LogP contribution in [0.25, 0.3) is 0 Å². The molecule has 1 fully saturated rings. The van der Waals surface area contributed by atoms with Gasteiger partial charge in [-0.05, 0) is 44.0 Å². The van der Waals surface area contributed by atoms with Crippen LogP contribution in [0.2, 0.25) is 0 Å². The highest BCUT2D eigenvalue weighted by atomic mass is 19.1. The Morgan fingerprint density at radius 3 is 2.78 bits per heavy atom. The summed E-state index contributed by atoms with van der Waals surface area (Å²) in [6, 6.07) is 5.44. The normalized spacial score (nSPS) is 22.9. The molecule has 0 spiro atoms. The van der Waals surface area contributed by atoms with Crippen LogP contribution in [0.3, 0.4) is 0 Å². The molecular weight excluding hydrogens is 353 g/mol. The zero-order valence-electron chi connectivity index (χ0n) is 15.4. The smallest absolute Gasteiger partial charge is 0.311 e. The monoisotopic (exact) mass is 375 g/mol. The van der Waals surface area contributed by atoms with Gasteiger partial charge in [0.2, 0.25) is 0 Å². The fourth-order valence-electron chi connectivity index (χ4n) is 3.17. The van der Waals surface area contributed by atoms with Crippen molar-refractivity contribution in [2.45, 2.75) is 32.3 Å². The summed E-state index contributed by atoms with van der Waals surface area (Å²) in [4.78, 5) is 29.2. The van der Waals surface area contributed by atoms with Gasteiger partial charge in [0.1, 0.15) is 11.7 Å². The summed E-state index contributed by atoms with van der Waals surface area (Å²) in [5, 5.41) is 5.49. The maximum atomic E-state index is 13.2. The fourth-order valence-corrected chi connectivity index (χ4v) is 3.17. The molecular formula is C19H22FN3O4. The summed E-state index contributed by atoms with van der Waals surface area (Å²) >= 11 is 0. The molecule has 0 aliphatic carbocycles. The van der Waals surface area contributed by atoms with E-state index in [0.29, 0.717) is 23.7 Å². The number of halogens is 1. The molecule has 7 nitrogen and oxygen atoms in total. The molecule has 3 rings (SSSR count). The molecule has 8 heteroatoms. The van der Waals surface area contributed by atoms with Crippen molar-refractivity contribution in [2.24, 2.45) is 16.0 Å². The second-order valence-corrected chi connectivity index (χ2v) is 6.52. The van der Waals surface area contributed by atoms with E-state index in [1.807, 2.05) is 0 Å². The number of methoxy groups -OCH3 is 1. The number of hydrogen-bond donors (Lipinski definition) is 0. The van der Waals surface area contributed by atoms with Gasteiger partial charge in [-0.2, -0.15) is 10.1 Å². The van der Waals surface area contributed by atoms with Crippen LogP contribution in [-0.4, -0.2) is 49.7 Å². The van der Waals surface area contributed by atoms with Crippen LogP contribution in [0.5, 0.6) is 0 Å². The van der Waals surface area contributed by atoms with Gasteiger partial charge in [0.05, 0.1) is 37.6 Å². The number of carbonyl (C=O) groups excluding carboxylic acids is 2. The first-order chi connectivity index (χ1) is 13.0. The van der Waals surface area contributed by atoms with Crippen molar-refractivity contribution in [3.8, 4) is 0 Å². The van der Waals surface area contributed by atoms with E-state index < -0.39 is 17.7 Å². The van der Waals surface area contributed by atoms with Gasteiger partial charge in [0, 0.05) is 12.3 Å². The van der Waals surface area contributed by atoms with E-state index in [2.05, 4.69) is 10.1 Å². The number of carbonyl (C=O) groups is 2. The quantitative estimate of drug-likeness (QED) is 0.565. The van der Waals surface area contributed by atoms with Crippen molar-refractivity contribution in [3.63, 3.8) is 0 Å². The predicted octanol–water partition coefficient (Wildman–Crippen LogP) is 2.35. The van der Waals surface area contributed by atoms with Gasteiger partial charge in [-0.1, -0.05) is 0 Å². The molecule has 2 heterocycles. The molecule has 27 heavy (non-hydrogen) atoms. The zero-order valence-corrected chi connectivity index (χ0v) is 15.4. The van der Waals surface area contributed by atoms with Crippen molar-refractivity contribution in [1.82, 2.24) is 0 Å². The number of hydrazone groups is 1. The van der Waals surface area contributed by atoms with Crippen LogP contribution in [0.1, 0.15) is 26.2 Å². The highest BCUT2D eigenvalue weighted by Crippen LogP contribution is 2.27. The molecule has 144 valence electrons. The average molecular weight is 375 g/mol. The van der Waals surface area contributed by atoms with Gasteiger partial charge in [-0.3, -0.25) is 14.6 Å². The van der Waals surface area contributed by atoms with Crippen LogP contribution < -0.4 is 5.01 Å². The lowest BCUT2D eigenvalue weighted by molar-refractivity contribution is -0.139. The molecule has 2 atom stereocenters. The van der Waals surface area contributed by atoms with Gasteiger partial charge >= 0.3 is 5.97 Å². The van der Waals surface area contributed by atoms with Gasteiger partial charge < -0.3 is 9.47 Å². The minimum atomic E-state index is -0.740. The van der Waals surface area contributed by atoms with Gasteiger partial charge in [-0.25, -0.2) is 4.39 Å². The third kappa shape index (κ3) is 4.39. The van der Waals surface area contributed by atoms with Crippen molar-refractivity contribution >= 4 is 29.0 Å². The Balaban J connectivity index is 1.84. The maximum Gasteiger partial charge on any atom is 0.311 e. The Hall–Kier alpha value is -2.61. The van der Waals surface area contributed by atoms with Crippen LogP contribution >= 0.6 is 0 Å². The summed E-state index contributed by atoms with van der Waals surface area (Å²) in [6.07, 6.45) is 1.90. The summed E-state index contributed by atoms with van der Waals surface area (Å²) < 4.78 is 23.5. The molecule has 2 aliphatic heterocycles. The molecule has 1 unspecified atom stereocenters. The summed E-state index contributed by atoms with van der Waals surface area (Å²) in [5.41, 5.74) is 1.37. The van der Waals surface area contributed by atoms with E-state index >= 15 is 0 Å². The van der Waals surface area contributed by atoms with Gasteiger partial charge in [0.25, 0.3) is 5.91 Å². The zero-order chi connectivity index (χ0) is 19.4. The van der Waals surface area contributed by atoms with Crippen molar-refractivity contribution in [2.75, 3.05) is 25.3 Å². The number of amides is 1. The van der Waals surface area contributed by atoms with Crippen molar-refractivity contribution in [3.05, 3.63) is 30.1 Å². The van der Waals surface area contributed by atoms with E-state index in [4.69, 9.17) is 9.47 Å². The Kier molecular flexibility index (Phi) is 5.95. The van der Waals surface area contributed by atoms with Crippen LogP contribution in [0.15, 0.2) is 34.4 Å². The first kappa shape index (κ1) is 19.2. The molecule has 0 saturated carbocycles. The molecule has 0 radical (unpaired) electrons. The van der Waals surface area contributed by atoms with Crippen molar-refractivity contribution < 1.29 is 23.5 Å². The minimum absolute atomic E-state index is 0.0608. The minimum Gasteiger partial charge on any atom is -0.469 e. The number of anilines is 1. The average Bonchev–Trinajstić information content (AvgIpc) is 3.28. The Morgan fingerprint density at radius 2 is 2.15 bits per heavy atom. The Morgan fingerprint density at radius 1 is 1.41 bits per heavy atom. The summed E-state index contributed by atoms with van der Waals surface area (Å²) in [7, 11) is 1.28. The van der Waals surface area contributed by atoms with E-state index in [9.17, 15) is 14.0 Å². The predicted molar refractivity (Wildman–Crippen MR) is 98.4 cm³/mol. The topological polar surface area (TPSA) is 80.6 Å². The van der Waals surface area contributed by atoms with Crippen LogP contribution in [-0.2, 0) is 19.1 Å². The second-order valence-electron chi connectivity index (χ2n) is 6.52. The lowest BCUT2D eigenvalue weighted by atomic mass is 9.96. The molecule has 1 aromatic carbocycles. The lowest BCUT2D eigenvalue weighted by Gasteiger charge is -2.15. The molecule has 2 aliphatic rings. The van der Waals surface area contributed by atoms with Crippen LogP contribution in [0.4, 0.5) is 10.1 Å². The number of aliphatic imine (C=N–C) groups is 1.